The Balaban J connectivity index is 2.09. The van der Waals surface area contributed by atoms with Gasteiger partial charge in [0.25, 0.3) is 0 Å². The molecule has 0 amide bonds. The fourth-order valence-electron chi connectivity index (χ4n) is 3.51. The van der Waals surface area contributed by atoms with Crippen molar-refractivity contribution in [1.82, 2.24) is 0 Å². The molecule has 2 aliphatic heterocycles. The molecule has 22 heavy (non-hydrogen) atoms. The molecule has 1 saturated heterocycles. The van der Waals surface area contributed by atoms with Gasteiger partial charge in [-0.25, -0.2) is 4.79 Å². The number of rotatable bonds is 1. The fraction of sp³-hybridized carbons (Fsp3) is 0.588. The predicted molar refractivity (Wildman–Crippen MR) is 80.2 cm³/mol. The molecule has 0 radical (unpaired) electrons. The van der Waals surface area contributed by atoms with Crippen LogP contribution in [0.1, 0.15) is 55.6 Å². The maximum absolute atomic E-state index is 11.7. The third kappa shape index (κ3) is 2.33. The summed E-state index contributed by atoms with van der Waals surface area (Å²) >= 11 is 0. The Morgan fingerprint density at radius 3 is 2.77 bits per heavy atom. The summed E-state index contributed by atoms with van der Waals surface area (Å²) in [5.41, 5.74) is 0.530. The molecule has 0 aromatic heterocycles. The monoisotopic (exact) mass is 306 g/mol. The standard InChI is InChI=1S/C17H22O5/c1-9-5-6-12-15(21-9)11-7-13(18)10(16(19)20-4)8-14(11)22-17(12,2)3/h7-9,12,15,18H,5-6H2,1-4H3/t9-,12-,15+/m1/s1. The minimum Gasteiger partial charge on any atom is -0.507 e. The van der Waals surface area contributed by atoms with Crippen molar-refractivity contribution in [2.45, 2.75) is 51.4 Å². The van der Waals surface area contributed by atoms with Crippen molar-refractivity contribution in [3.8, 4) is 11.5 Å². The molecular formula is C17H22O5. The molecule has 0 unspecified atom stereocenters. The second-order valence-electron chi connectivity index (χ2n) is 6.66. The molecule has 0 spiro atoms. The number of fused-ring (bicyclic) bond motifs is 3. The van der Waals surface area contributed by atoms with Gasteiger partial charge in [0.15, 0.2) is 0 Å². The van der Waals surface area contributed by atoms with E-state index in [9.17, 15) is 9.90 Å². The van der Waals surface area contributed by atoms with E-state index in [-0.39, 0.29) is 35.0 Å². The van der Waals surface area contributed by atoms with Crippen LogP contribution in [0, 0.1) is 5.92 Å². The summed E-state index contributed by atoms with van der Waals surface area (Å²) in [6, 6.07) is 3.13. The van der Waals surface area contributed by atoms with Crippen LogP contribution in [0.2, 0.25) is 0 Å². The van der Waals surface area contributed by atoms with Gasteiger partial charge in [-0.3, -0.25) is 0 Å². The van der Waals surface area contributed by atoms with Gasteiger partial charge in [0.1, 0.15) is 22.7 Å². The van der Waals surface area contributed by atoms with E-state index in [2.05, 4.69) is 6.92 Å². The van der Waals surface area contributed by atoms with Gasteiger partial charge >= 0.3 is 5.97 Å². The van der Waals surface area contributed by atoms with Gasteiger partial charge in [0.05, 0.1) is 19.3 Å². The fourth-order valence-corrected chi connectivity index (χ4v) is 3.51. The molecule has 5 heteroatoms. The first-order valence-electron chi connectivity index (χ1n) is 7.63. The second-order valence-corrected chi connectivity index (χ2v) is 6.66. The Morgan fingerprint density at radius 1 is 1.36 bits per heavy atom. The van der Waals surface area contributed by atoms with Crippen molar-refractivity contribution in [2.75, 3.05) is 7.11 Å². The van der Waals surface area contributed by atoms with Crippen LogP contribution in [0.15, 0.2) is 12.1 Å². The lowest BCUT2D eigenvalue weighted by Gasteiger charge is -2.48. The van der Waals surface area contributed by atoms with E-state index in [1.54, 1.807) is 12.1 Å². The number of phenolic OH excluding ortho intramolecular Hbond substituents is 1. The number of phenols is 1. The number of carbonyl (C=O) groups excluding carboxylic acids is 1. The molecular weight excluding hydrogens is 284 g/mol. The van der Waals surface area contributed by atoms with Gasteiger partial charge in [-0.05, 0) is 45.7 Å². The van der Waals surface area contributed by atoms with Gasteiger partial charge in [0.2, 0.25) is 0 Å². The first-order chi connectivity index (χ1) is 10.3. The van der Waals surface area contributed by atoms with Gasteiger partial charge in [-0.2, -0.15) is 0 Å². The van der Waals surface area contributed by atoms with Crippen molar-refractivity contribution in [3.05, 3.63) is 23.3 Å². The zero-order chi connectivity index (χ0) is 16.1. The number of aromatic hydroxyl groups is 1. The predicted octanol–water partition coefficient (Wildman–Crippen LogP) is 3.21. The quantitative estimate of drug-likeness (QED) is 0.807. The Labute approximate surface area is 130 Å². The Morgan fingerprint density at radius 2 is 2.09 bits per heavy atom. The normalized spacial score (nSPS) is 29.0. The van der Waals surface area contributed by atoms with Crippen LogP contribution in [0.4, 0.5) is 0 Å². The van der Waals surface area contributed by atoms with Crippen LogP contribution < -0.4 is 4.74 Å². The van der Waals surface area contributed by atoms with Crippen LogP contribution in [-0.4, -0.2) is 29.9 Å². The van der Waals surface area contributed by atoms with Crippen LogP contribution in [-0.2, 0) is 9.47 Å². The van der Waals surface area contributed by atoms with Crippen molar-refractivity contribution in [1.29, 1.82) is 0 Å². The van der Waals surface area contributed by atoms with Crippen molar-refractivity contribution < 1.29 is 24.1 Å². The summed E-state index contributed by atoms with van der Waals surface area (Å²) in [7, 11) is 1.29. The Kier molecular flexibility index (Phi) is 3.56. The molecule has 5 nitrogen and oxygen atoms in total. The number of methoxy groups -OCH3 is 1. The highest BCUT2D eigenvalue weighted by Gasteiger charge is 2.47. The Hall–Kier alpha value is -1.75. The molecule has 0 bridgehead atoms. The number of esters is 1. The molecule has 120 valence electrons. The maximum Gasteiger partial charge on any atom is 0.341 e. The molecule has 1 aromatic carbocycles. The molecule has 2 aliphatic rings. The lowest BCUT2D eigenvalue weighted by atomic mass is 9.75. The number of hydrogen-bond donors (Lipinski definition) is 1. The molecule has 3 atom stereocenters. The third-order valence-electron chi connectivity index (χ3n) is 4.73. The SMILES string of the molecule is COC(=O)c1cc2c(cc1O)[C@@H]1O[C@H](C)CC[C@H]1C(C)(C)O2. The van der Waals surface area contributed by atoms with E-state index >= 15 is 0 Å². The summed E-state index contributed by atoms with van der Waals surface area (Å²) in [4.78, 5) is 11.7. The second kappa shape index (κ2) is 5.16. The lowest BCUT2D eigenvalue weighted by molar-refractivity contribution is -0.144. The molecule has 1 aromatic rings. The van der Waals surface area contributed by atoms with Gasteiger partial charge in [-0.15, -0.1) is 0 Å². The van der Waals surface area contributed by atoms with Gasteiger partial charge < -0.3 is 19.3 Å². The van der Waals surface area contributed by atoms with E-state index in [1.807, 2.05) is 13.8 Å². The first-order valence-corrected chi connectivity index (χ1v) is 7.63. The van der Waals surface area contributed by atoms with E-state index in [1.165, 1.54) is 7.11 Å². The zero-order valence-electron chi connectivity index (χ0n) is 13.4. The Bertz CT molecular complexity index is 607. The van der Waals surface area contributed by atoms with Crippen molar-refractivity contribution in [2.24, 2.45) is 5.92 Å². The van der Waals surface area contributed by atoms with Crippen LogP contribution in [0.25, 0.3) is 0 Å². The van der Waals surface area contributed by atoms with Crippen LogP contribution in [0.5, 0.6) is 11.5 Å². The number of benzene rings is 1. The number of carbonyl (C=O) groups is 1. The highest BCUT2D eigenvalue weighted by atomic mass is 16.5. The van der Waals surface area contributed by atoms with E-state index < -0.39 is 5.97 Å². The van der Waals surface area contributed by atoms with Gasteiger partial charge in [-0.1, -0.05) is 0 Å². The van der Waals surface area contributed by atoms with Gasteiger partial charge in [0, 0.05) is 11.5 Å². The summed E-state index contributed by atoms with van der Waals surface area (Å²) < 4.78 is 16.9. The summed E-state index contributed by atoms with van der Waals surface area (Å²) in [6.45, 7) is 6.14. The lowest BCUT2D eigenvalue weighted by Crippen LogP contribution is -2.48. The largest absolute Gasteiger partial charge is 0.507 e. The van der Waals surface area contributed by atoms with Crippen LogP contribution in [0.3, 0.4) is 0 Å². The number of hydrogen-bond acceptors (Lipinski definition) is 5. The third-order valence-corrected chi connectivity index (χ3v) is 4.73. The first kappa shape index (κ1) is 15.2. The molecule has 0 saturated carbocycles. The summed E-state index contributed by atoms with van der Waals surface area (Å²) in [6.07, 6.45) is 2.05. The molecule has 1 N–H and O–H groups in total. The molecule has 0 aliphatic carbocycles. The zero-order valence-corrected chi connectivity index (χ0v) is 13.4. The summed E-state index contributed by atoms with van der Waals surface area (Å²) in [5, 5.41) is 10.1. The maximum atomic E-state index is 11.7. The highest BCUT2D eigenvalue weighted by Crippen LogP contribution is 2.51. The smallest absolute Gasteiger partial charge is 0.341 e. The average Bonchev–Trinajstić information content (AvgIpc) is 2.46. The highest BCUT2D eigenvalue weighted by molar-refractivity contribution is 5.93. The average molecular weight is 306 g/mol. The topological polar surface area (TPSA) is 65.0 Å². The summed E-state index contributed by atoms with van der Waals surface area (Å²) in [5.74, 6) is 0.120. The van der Waals surface area contributed by atoms with E-state index in [0.717, 1.165) is 18.4 Å². The van der Waals surface area contributed by atoms with Crippen molar-refractivity contribution in [3.63, 3.8) is 0 Å². The van der Waals surface area contributed by atoms with E-state index in [0.29, 0.717) is 5.75 Å². The minimum absolute atomic E-state index is 0.102. The molecule has 2 heterocycles. The number of ether oxygens (including phenoxy) is 3. The van der Waals surface area contributed by atoms with E-state index in [4.69, 9.17) is 14.2 Å². The van der Waals surface area contributed by atoms with Crippen LogP contribution >= 0.6 is 0 Å². The van der Waals surface area contributed by atoms with Crippen molar-refractivity contribution >= 4 is 5.97 Å². The minimum atomic E-state index is -0.582. The molecule has 1 fully saturated rings. The molecule has 3 rings (SSSR count).